The Morgan fingerprint density at radius 1 is 1.04 bits per heavy atom. The molecule has 1 N–H and O–H groups in total. The van der Waals surface area contributed by atoms with Crippen LogP contribution in [0, 0.1) is 0 Å². The molecule has 4 nitrogen and oxygen atoms in total. The van der Waals surface area contributed by atoms with Crippen molar-refractivity contribution < 1.29 is 4.79 Å². The van der Waals surface area contributed by atoms with E-state index in [0.717, 1.165) is 35.8 Å². The Morgan fingerprint density at radius 3 is 2.31 bits per heavy atom. The van der Waals surface area contributed by atoms with Crippen LogP contribution in [0.4, 0.5) is 10.5 Å². The van der Waals surface area contributed by atoms with Crippen LogP contribution in [0.5, 0.6) is 0 Å². The van der Waals surface area contributed by atoms with Gasteiger partial charge in [-0.1, -0.05) is 54.4 Å². The van der Waals surface area contributed by atoms with Gasteiger partial charge in [0.25, 0.3) is 0 Å². The van der Waals surface area contributed by atoms with Crippen LogP contribution in [0.1, 0.15) is 24.9 Å². The summed E-state index contributed by atoms with van der Waals surface area (Å²) in [5.74, 6) is 0. The van der Waals surface area contributed by atoms with Gasteiger partial charge in [-0.3, -0.25) is 0 Å². The summed E-state index contributed by atoms with van der Waals surface area (Å²) >= 11 is 12.2. The molecule has 26 heavy (non-hydrogen) atoms. The molecule has 0 radical (unpaired) electrons. The highest BCUT2D eigenvalue weighted by atomic mass is 35.5. The van der Waals surface area contributed by atoms with Crippen molar-refractivity contribution in [2.45, 2.75) is 19.4 Å². The first-order chi connectivity index (χ1) is 12.6. The fourth-order valence-electron chi connectivity index (χ4n) is 3.22. The van der Waals surface area contributed by atoms with E-state index in [0.29, 0.717) is 18.1 Å². The van der Waals surface area contributed by atoms with E-state index in [1.165, 1.54) is 0 Å². The Balaban J connectivity index is 1.58. The first kappa shape index (κ1) is 18.9. The molecule has 1 aliphatic heterocycles. The zero-order valence-corrected chi connectivity index (χ0v) is 16.3. The molecule has 3 rings (SSSR count). The number of carbonyl (C=O) groups excluding carboxylic acids is 1. The Labute approximate surface area is 164 Å². The summed E-state index contributed by atoms with van der Waals surface area (Å²) in [6.45, 7) is 4.96. The number of nitrogens with one attached hydrogen (secondary N) is 1. The zero-order chi connectivity index (χ0) is 18.5. The lowest BCUT2D eigenvalue weighted by Crippen LogP contribution is -2.52. The molecular weight excluding hydrogens is 369 g/mol. The summed E-state index contributed by atoms with van der Waals surface area (Å²) in [7, 11) is 0. The van der Waals surface area contributed by atoms with Gasteiger partial charge in [-0.15, -0.1) is 0 Å². The number of rotatable bonds is 4. The van der Waals surface area contributed by atoms with Crippen molar-refractivity contribution in [2.24, 2.45) is 0 Å². The molecule has 6 heteroatoms. The van der Waals surface area contributed by atoms with Crippen LogP contribution in [0.25, 0.3) is 0 Å². The lowest BCUT2D eigenvalue weighted by molar-refractivity contribution is 0.190. The minimum absolute atomic E-state index is 0.0126. The van der Waals surface area contributed by atoms with E-state index >= 15 is 0 Å². The number of anilines is 1. The highest BCUT2D eigenvalue weighted by Crippen LogP contribution is 2.26. The molecular formula is C20H23Cl2N3O. The summed E-state index contributed by atoms with van der Waals surface area (Å²) in [5.41, 5.74) is 2.10. The zero-order valence-electron chi connectivity index (χ0n) is 14.8. The maximum Gasteiger partial charge on any atom is 0.318 e. The number of benzene rings is 2. The van der Waals surface area contributed by atoms with E-state index in [9.17, 15) is 4.79 Å². The Kier molecular flexibility index (Phi) is 6.28. The second-order valence-corrected chi connectivity index (χ2v) is 7.23. The predicted molar refractivity (Wildman–Crippen MR) is 108 cm³/mol. The maximum atomic E-state index is 12.7. The molecule has 2 aromatic carbocycles. The van der Waals surface area contributed by atoms with E-state index in [1.54, 1.807) is 0 Å². The van der Waals surface area contributed by atoms with Gasteiger partial charge in [0.2, 0.25) is 0 Å². The van der Waals surface area contributed by atoms with E-state index < -0.39 is 0 Å². The topological polar surface area (TPSA) is 35.6 Å². The predicted octanol–water partition coefficient (Wildman–Crippen LogP) is 4.98. The average Bonchev–Trinajstić information content (AvgIpc) is 2.67. The molecule has 1 saturated heterocycles. The summed E-state index contributed by atoms with van der Waals surface area (Å²) in [6, 6.07) is 15.4. The monoisotopic (exact) mass is 391 g/mol. The van der Waals surface area contributed by atoms with Gasteiger partial charge in [0.05, 0.1) is 16.8 Å². The molecule has 2 amide bonds. The van der Waals surface area contributed by atoms with E-state index in [2.05, 4.69) is 17.1 Å². The van der Waals surface area contributed by atoms with Crippen LogP contribution < -0.4 is 10.2 Å². The van der Waals surface area contributed by atoms with Crippen LogP contribution >= 0.6 is 23.2 Å². The minimum Gasteiger partial charge on any atom is -0.367 e. The van der Waals surface area contributed by atoms with Crippen LogP contribution in [0.2, 0.25) is 10.0 Å². The van der Waals surface area contributed by atoms with Crippen molar-refractivity contribution in [1.29, 1.82) is 0 Å². The third-order valence-corrected chi connectivity index (χ3v) is 5.31. The lowest BCUT2D eigenvalue weighted by Gasteiger charge is -2.37. The number of urea groups is 1. The average molecular weight is 392 g/mol. The number of amides is 2. The van der Waals surface area contributed by atoms with Gasteiger partial charge in [-0.2, -0.15) is 0 Å². The molecule has 0 spiro atoms. The quantitative estimate of drug-likeness (QED) is 0.797. The fourth-order valence-corrected chi connectivity index (χ4v) is 3.60. The highest BCUT2D eigenvalue weighted by Gasteiger charge is 2.24. The van der Waals surface area contributed by atoms with Crippen molar-refractivity contribution in [2.75, 3.05) is 31.1 Å². The molecule has 138 valence electrons. The molecule has 0 aliphatic carbocycles. The summed E-state index contributed by atoms with van der Waals surface area (Å²) in [5, 5.41) is 4.59. The molecule has 0 saturated carbocycles. The number of piperazine rings is 1. The number of halogens is 2. The van der Waals surface area contributed by atoms with Crippen molar-refractivity contribution in [3.8, 4) is 0 Å². The van der Waals surface area contributed by atoms with Crippen LogP contribution in [0.3, 0.4) is 0 Å². The molecule has 1 unspecified atom stereocenters. The van der Waals surface area contributed by atoms with E-state index in [4.69, 9.17) is 23.2 Å². The standard InChI is InChI=1S/C20H23Cl2N3O/c1-2-18(15-7-9-16(21)10-8-15)23-20(26)25-13-11-24(12-14-25)19-6-4-3-5-17(19)22/h3-10,18H,2,11-14H2,1H3,(H,23,26). The van der Waals surface area contributed by atoms with E-state index in [-0.39, 0.29) is 12.1 Å². The molecule has 1 fully saturated rings. The van der Waals surface area contributed by atoms with Gasteiger partial charge in [0.1, 0.15) is 0 Å². The van der Waals surface area contributed by atoms with Gasteiger partial charge in [0, 0.05) is 31.2 Å². The summed E-state index contributed by atoms with van der Waals surface area (Å²) < 4.78 is 0. The Morgan fingerprint density at radius 2 is 1.69 bits per heavy atom. The first-order valence-corrected chi connectivity index (χ1v) is 9.64. The van der Waals surface area contributed by atoms with Crippen molar-refractivity contribution >= 4 is 34.9 Å². The smallest absolute Gasteiger partial charge is 0.318 e. The van der Waals surface area contributed by atoms with E-state index in [1.807, 2.05) is 53.4 Å². The van der Waals surface area contributed by atoms with Gasteiger partial charge in [-0.05, 0) is 36.2 Å². The molecule has 0 bridgehead atoms. The summed E-state index contributed by atoms with van der Waals surface area (Å²) in [4.78, 5) is 16.8. The maximum absolute atomic E-state index is 12.7. The molecule has 1 atom stereocenters. The number of carbonyl (C=O) groups is 1. The molecule has 2 aromatic rings. The molecule has 0 aromatic heterocycles. The van der Waals surface area contributed by atoms with Crippen LogP contribution in [0.15, 0.2) is 48.5 Å². The van der Waals surface area contributed by atoms with Gasteiger partial charge in [0.15, 0.2) is 0 Å². The van der Waals surface area contributed by atoms with Crippen molar-refractivity contribution in [3.63, 3.8) is 0 Å². The van der Waals surface area contributed by atoms with Gasteiger partial charge < -0.3 is 15.1 Å². The third-order valence-electron chi connectivity index (χ3n) is 4.74. The normalized spacial score (nSPS) is 15.7. The largest absolute Gasteiger partial charge is 0.367 e. The lowest BCUT2D eigenvalue weighted by atomic mass is 10.1. The number of hydrogen-bond acceptors (Lipinski definition) is 2. The van der Waals surface area contributed by atoms with Crippen molar-refractivity contribution in [1.82, 2.24) is 10.2 Å². The summed E-state index contributed by atoms with van der Waals surface area (Å²) in [6.07, 6.45) is 0.826. The molecule has 1 heterocycles. The third kappa shape index (κ3) is 4.43. The number of hydrogen-bond donors (Lipinski definition) is 1. The van der Waals surface area contributed by atoms with Gasteiger partial charge >= 0.3 is 6.03 Å². The fraction of sp³-hybridized carbons (Fsp3) is 0.350. The SMILES string of the molecule is CCC(NC(=O)N1CCN(c2ccccc2Cl)CC1)c1ccc(Cl)cc1. The minimum atomic E-state index is -0.0226. The van der Waals surface area contributed by atoms with Crippen LogP contribution in [-0.4, -0.2) is 37.1 Å². The van der Waals surface area contributed by atoms with Crippen molar-refractivity contribution in [3.05, 3.63) is 64.1 Å². The number of para-hydroxylation sites is 1. The highest BCUT2D eigenvalue weighted by molar-refractivity contribution is 6.33. The Hall–Kier alpha value is -1.91. The number of nitrogens with zero attached hydrogens (tertiary/aromatic N) is 2. The Bertz CT molecular complexity index is 743. The van der Waals surface area contributed by atoms with Crippen LogP contribution in [-0.2, 0) is 0 Å². The van der Waals surface area contributed by atoms with Gasteiger partial charge in [-0.25, -0.2) is 4.79 Å². The second-order valence-electron chi connectivity index (χ2n) is 6.39. The first-order valence-electron chi connectivity index (χ1n) is 8.89. The second kappa shape index (κ2) is 8.65. The molecule has 1 aliphatic rings.